The minimum atomic E-state index is -4.92. The molecule has 2 rings (SSSR count). The smallest absolute Gasteiger partial charge is 0.370 e. The number of alkyl halides is 6. The maximum Gasteiger partial charge on any atom is 0.418 e. The van der Waals surface area contributed by atoms with Crippen LogP contribution in [0.4, 0.5) is 37.7 Å². The molecule has 0 saturated carbocycles. The van der Waals surface area contributed by atoms with Crippen molar-refractivity contribution in [3.8, 4) is 0 Å². The van der Waals surface area contributed by atoms with Crippen molar-refractivity contribution in [1.82, 2.24) is 5.32 Å². The Hall–Kier alpha value is -2.87. The Kier molecular flexibility index (Phi) is 6.92. The van der Waals surface area contributed by atoms with Crippen molar-refractivity contribution in [1.29, 1.82) is 0 Å². The van der Waals surface area contributed by atoms with E-state index >= 15 is 0 Å². The lowest BCUT2D eigenvalue weighted by atomic mass is 10.1. The number of amides is 3. The van der Waals surface area contributed by atoms with Crippen molar-refractivity contribution >= 4 is 29.1 Å². The lowest BCUT2D eigenvalue weighted by Gasteiger charge is -2.29. The molecule has 4 N–H and O–H groups in total. The molecule has 0 unspecified atom stereocenters. The van der Waals surface area contributed by atoms with Gasteiger partial charge in [-0.3, -0.25) is 19.7 Å². The Morgan fingerprint density at radius 1 is 1.20 bits per heavy atom. The van der Waals surface area contributed by atoms with Gasteiger partial charge in [0.05, 0.1) is 24.4 Å². The van der Waals surface area contributed by atoms with Gasteiger partial charge >= 0.3 is 12.4 Å². The number of nitrogens with two attached hydrogens (primary N) is 1. The molecular formula is C16H16F6N4O4. The Morgan fingerprint density at radius 3 is 2.40 bits per heavy atom. The number of nitrogens with zero attached hydrogens (tertiary/aromatic N) is 1. The number of hydrogen-bond donors (Lipinski definition) is 3. The van der Waals surface area contributed by atoms with E-state index < -0.39 is 66.2 Å². The first-order chi connectivity index (χ1) is 13.8. The van der Waals surface area contributed by atoms with Gasteiger partial charge in [0.25, 0.3) is 11.8 Å². The van der Waals surface area contributed by atoms with E-state index in [1.54, 1.807) is 5.32 Å². The molecule has 1 aliphatic rings. The number of rotatable bonds is 6. The predicted octanol–water partition coefficient (Wildman–Crippen LogP) is 1.01. The van der Waals surface area contributed by atoms with Crippen LogP contribution in [0.1, 0.15) is 5.56 Å². The molecule has 1 aromatic carbocycles. The second-order valence-corrected chi connectivity index (χ2v) is 6.15. The third-order valence-electron chi connectivity index (χ3n) is 3.90. The highest BCUT2D eigenvalue weighted by Crippen LogP contribution is 2.38. The van der Waals surface area contributed by atoms with Gasteiger partial charge in [-0.1, -0.05) is 0 Å². The van der Waals surface area contributed by atoms with E-state index in [0.717, 1.165) is 17.0 Å². The van der Waals surface area contributed by atoms with Crippen molar-refractivity contribution in [2.45, 2.75) is 18.4 Å². The molecule has 1 heterocycles. The molecule has 1 fully saturated rings. The summed E-state index contributed by atoms with van der Waals surface area (Å²) >= 11 is 0. The fraction of sp³-hybridized carbons (Fsp3) is 0.438. The first-order valence-electron chi connectivity index (χ1n) is 8.29. The zero-order valence-corrected chi connectivity index (χ0v) is 15.1. The molecule has 30 heavy (non-hydrogen) atoms. The summed E-state index contributed by atoms with van der Waals surface area (Å²) in [5, 5.41) is 3.51. The molecule has 8 nitrogen and oxygen atoms in total. The normalized spacial score (nSPS) is 16.3. The van der Waals surface area contributed by atoms with Crippen LogP contribution in [0, 0.1) is 0 Å². The first-order valence-corrected chi connectivity index (χ1v) is 8.29. The maximum absolute atomic E-state index is 13.5. The van der Waals surface area contributed by atoms with E-state index in [2.05, 4.69) is 0 Å². The number of primary amides is 1. The van der Waals surface area contributed by atoms with Crippen LogP contribution in [-0.4, -0.2) is 56.2 Å². The van der Waals surface area contributed by atoms with Crippen molar-refractivity contribution in [2.24, 2.45) is 5.73 Å². The molecule has 1 atom stereocenters. The van der Waals surface area contributed by atoms with Crippen LogP contribution < -0.4 is 21.3 Å². The summed E-state index contributed by atoms with van der Waals surface area (Å²) < 4.78 is 82.2. The summed E-state index contributed by atoms with van der Waals surface area (Å²) in [5.41, 5.74) is 2.68. The molecular weight excluding hydrogens is 426 g/mol. The fourth-order valence-electron chi connectivity index (χ4n) is 2.60. The van der Waals surface area contributed by atoms with Crippen LogP contribution >= 0.6 is 0 Å². The second-order valence-electron chi connectivity index (χ2n) is 6.15. The Labute approximate surface area is 165 Å². The number of ether oxygens (including phenoxy) is 1. The number of benzene rings is 1. The molecule has 0 radical (unpaired) electrons. The average molecular weight is 442 g/mol. The van der Waals surface area contributed by atoms with Crippen LogP contribution in [0.2, 0.25) is 0 Å². The van der Waals surface area contributed by atoms with E-state index in [-0.39, 0.29) is 13.2 Å². The zero-order chi connectivity index (χ0) is 22.7. The predicted molar refractivity (Wildman–Crippen MR) is 90.3 cm³/mol. The van der Waals surface area contributed by atoms with Gasteiger partial charge in [0.2, 0.25) is 5.91 Å². The van der Waals surface area contributed by atoms with Crippen LogP contribution in [0.25, 0.3) is 0 Å². The second kappa shape index (κ2) is 8.87. The van der Waals surface area contributed by atoms with E-state index in [4.69, 9.17) is 10.5 Å². The van der Waals surface area contributed by atoms with Crippen LogP contribution in [-0.2, 0) is 25.3 Å². The molecule has 0 aliphatic carbocycles. The van der Waals surface area contributed by atoms with Gasteiger partial charge < -0.3 is 20.7 Å². The number of morpholine rings is 1. The van der Waals surface area contributed by atoms with Gasteiger partial charge in [-0.05, 0) is 18.2 Å². The van der Waals surface area contributed by atoms with Gasteiger partial charge in [0.1, 0.15) is 6.61 Å². The summed E-state index contributed by atoms with van der Waals surface area (Å²) in [6.07, 6.45) is -9.68. The molecule has 14 heteroatoms. The summed E-state index contributed by atoms with van der Waals surface area (Å²) in [5.74, 6) is -3.54. The number of carbonyl (C=O) groups excluding carboxylic acids is 3. The highest BCUT2D eigenvalue weighted by molar-refractivity contribution is 6.09. The molecule has 1 aliphatic heterocycles. The highest BCUT2D eigenvalue weighted by atomic mass is 19.4. The monoisotopic (exact) mass is 442 g/mol. The molecule has 3 amide bonds. The largest absolute Gasteiger partial charge is 0.418 e. The van der Waals surface area contributed by atoms with Gasteiger partial charge in [-0.15, -0.1) is 0 Å². The Bertz CT molecular complexity index is 827. The average Bonchev–Trinajstić information content (AvgIpc) is 2.60. The first kappa shape index (κ1) is 23.4. The van der Waals surface area contributed by atoms with E-state index in [1.165, 1.54) is 0 Å². The Morgan fingerprint density at radius 2 is 1.87 bits per heavy atom. The summed E-state index contributed by atoms with van der Waals surface area (Å²) in [7, 11) is 0. The molecule has 0 aromatic heterocycles. The quantitative estimate of drug-likeness (QED) is 0.450. The van der Waals surface area contributed by atoms with E-state index in [1.807, 2.05) is 5.32 Å². The van der Waals surface area contributed by atoms with Crippen LogP contribution in [0.3, 0.4) is 0 Å². The molecule has 0 spiro atoms. The topological polar surface area (TPSA) is 114 Å². The number of hydrogen-bond acceptors (Lipinski definition) is 5. The summed E-state index contributed by atoms with van der Waals surface area (Å²) in [4.78, 5) is 36.1. The number of carbonyl (C=O) groups is 3. The third kappa shape index (κ3) is 6.06. The zero-order valence-electron chi connectivity index (χ0n) is 15.1. The fourth-order valence-corrected chi connectivity index (χ4v) is 2.60. The van der Waals surface area contributed by atoms with Crippen molar-refractivity contribution in [3.05, 3.63) is 23.8 Å². The minimum absolute atomic E-state index is 0.0205. The number of nitrogens with one attached hydrogen (secondary N) is 2. The van der Waals surface area contributed by atoms with E-state index in [9.17, 15) is 40.7 Å². The van der Waals surface area contributed by atoms with E-state index in [0.29, 0.717) is 6.07 Å². The number of halogens is 6. The van der Waals surface area contributed by atoms with Gasteiger partial charge in [-0.2, -0.15) is 26.3 Å². The summed E-state index contributed by atoms with van der Waals surface area (Å²) in [6, 6.07) is 0.288. The number of anilines is 2. The van der Waals surface area contributed by atoms with Crippen LogP contribution in [0.5, 0.6) is 0 Å². The maximum atomic E-state index is 13.5. The lowest BCUT2D eigenvalue weighted by Crippen LogP contribution is -2.52. The van der Waals surface area contributed by atoms with Gasteiger partial charge in [-0.25, -0.2) is 0 Å². The lowest BCUT2D eigenvalue weighted by molar-refractivity contribution is -0.138. The third-order valence-corrected chi connectivity index (χ3v) is 3.90. The van der Waals surface area contributed by atoms with Crippen molar-refractivity contribution in [2.75, 3.05) is 36.5 Å². The van der Waals surface area contributed by atoms with Crippen molar-refractivity contribution < 1.29 is 45.5 Å². The molecule has 0 bridgehead atoms. The SMILES string of the molecule is NC(=O)[C@@H](NCC(F)(F)F)C(=O)Nc1ccc(N2CCOCC2=O)c(C(F)(F)F)c1. The van der Waals surface area contributed by atoms with Gasteiger partial charge in [0, 0.05) is 12.2 Å². The van der Waals surface area contributed by atoms with Crippen LogP contribution in [0.15, 0.2) is 18.2 Å². The highest BCUT2D eigenvalue weighted by Gasteiger charge is 2.38. The molecule has 1 aromatic rings. The van der Waals surface area contributed by atoms with Gasteiger partial charge in [0.15, 0.2) is 6.04 Å². The minimum Gasteiger partial charge on any atom is -0.370 e. The summed E-state index contributed by atoms with van der Waals surface area (Å²) in [6.45, 7) is -2.23. The Balaban J connectivity index is 2.28. The van der Waals surface area contributed by atoms with Crippen molar-refractivity contribution in [3.63, 3.8) is 0 Å². The molecule has 1 saturated heterocycles. The molecule has 166 valence electrons. The standard InChI is InChI=1S/C16H16F6N4O4/c17-15(18,19)7-24-12(13(23)28)14(29)25-8-1-2-10(9(5-8)16(20,21)22)26-3-4-30-6-11(26)27/h1-2,5,12,24H,3-4,6-7H2,(H2,23,28)(H,25,29)/t12-/m1/s1.